The maximum atomic E-state index is 11.7. The summed E-state index contributed by atoms with van der Waals surface area (Å²) >= 11 is 0. The molecular formula is C16H22O4. The number of rotatable bonds is 2. The molecule has 0 unspecified atom stereocenters. The van der Waals surface area contributed by atoms with Gasteiger partial charge in [-0.2, -0.15) is 0 Å². The molecule has 1 aromatic rings. The fraction of sp³-hybridized carbons (Fsp3) is 0.500. The van der Waals surface area contributed by atoms with Gasteiger partial charge in [-0.1, -0.05) is 0 Å². The summed E-state index contributed by atoms with van der Waals surface area (Å²) in [6.45, 7) is 10.7. The molecule has 0 aliphatic heterocycles. The van der Waals surface area contributed by atoms with Crippen molar-refractivity contribution in [2.75, 3.05) is 0 Å². The molecule has 20 heavy (non-hydrogen) atoms. The third-order valence-corrected chi connectivity index (χ3v) is 2.47. The van der Waals surface area contributed by atoms with Gasteiger partial charge in [0.1, 0.15) is 11.5 Å². The fourth-order valence-electron chi connectivity index (χ4n) is 1.10. The van der Waals surface area contributed by atoms with Crippen molar-refractivity contribution < 1.29 is 19.1 Å². The molecule has 0 heterocycles. The Labute approximate surface area is 120 Å². The van der Waals surface area contributed by atoms with Crippen molar-refractivity contribution in [1.29, 1.82) is 0 Å². The highest BCUT2D eigenvalue weighted by atomic mass is 16.5. The van der Waals surface area contributed by atoms with Gasteiger partial charge in [-0.3, -0.25) is 9.59 Å². The van der Waals surface area contributed by atoms with Gasteiger partial charge in [-0.25, -0.2) is 0 Å². The normalized spacial score (nSPS) is 11.9. The molecule has 0 aliphatic carbocycles. The molecular weight excluding hydrogens is 256 g/mol. The summed E-state index contributed by atoms with van der Waals surface area (Å²) in [6.07, 6.45) is 0. The average molecular weight is 278 g/mol. The SMILES string of the molecule is CC(C)(C)C(=O)Oc1ccc(OC(=O)C(C)(C)C)cc1. The van der Waals surface area contributed by atoms with Crippen LogP contribution in [-0.2, 0) is 9.59 Å². The predicted molar refractivity (Wildman–Crippen MR) is 76.6 cm³/mol. The molecule has 1 aromatic carbocycles. The molecule has 4 nitrogen and oxygen atoms in total. The molecule has 0 saturated heterocycles. The predicted octanol–water partition coefficient (Wildman–Crippen LogP) is 3.59. The zero-order valence-corrected chi connectivity index (χ0v) is 12.9. The van der Waals surface area contributed by atoms with Crippen LogP contribution in [0.3, 0.4) is 0 Å². The summed E-state index contributed by atoms with van der Waals surface area (Å²) in [5, 5.41) is 0. The van der Waals surface area contributed by atoms with Crippen LogP contribution in [0.5, 0.6) is 11.5 Å². The molecule has 0 saturated carbocycles. The Hall–Kier alpha value is -1.84. The summed E-state index contributed by atoms with van der Waals surface area (Å²) in [6, 6.07) is 6.42. The van der Waals surface area contributed by atoms with Crippen LogP contribution in [0.2, 0.25) is 0 Å². The van der Waals surface area contributed by atoms with Crippen LogP contribution < -0.4 is 9.47 Å². The summed E-state index contributed by atoms with van der Waals surface area (Å²) in [5.74, 6) is 0.245. The average Bonchev–Trinajstić information content (AvgIpc) is 2.29. The van der Waals surface area contributed by atoms with Crippen LogP contribution >= 0.6 is 0 Å². The van der Waals surface area contributed by atoms with E-state index in [4.69, 9.17) is 9.47 Å². The lowest BCUT2D eigenvalue weighted by molar-refractivity contribution is -0.144. The Morgan fingerprint density at radius 2 is 0.950 bits per heavy atom. The van der Waals surface area contributed by atoms with E-state index in [1.165, 1.54) is 0 Å². The maximum Gasteiger partial charge on any atom is 0.316 e. The number of hydrogen-bond acceptors (Lipinski definition) is 4. The largest absolute Gasteiger partial charge is 0.426 e. The lowest BCUT2D eigenvalue weighted by Crippen LogP contribution is -2.26. The van der Waals surface area contributed by atoms with Crippen molar-refractivity contribution in [2.45, 2.75) is 41.5 Å². The first-order valence-electron chi connectivity index (χ1n) is 6.55. The third kappa shape index (κ3) is 4.68. The molecule has 0 aliphatic rings. The smallest absolute Gasteiger partial charge is 0.316 e. The molecule has 0 N–H and O–H groups in total. The van der Waals surface area contributed by atoms with Gasteiger partial charge in [0.15, 0.2) is 0 Å². The molecule has 4 heteroatoms. The van der Waals surface area contributed by atoms with Gasteiger partial charge in [0.2, 0.25) is 0 Å². The number of carbonyl (C=O) groups is 2. The van der Waals surface area contributed by atoms with E-state index in [0.29, 0.717) is 11.5 Å². The quantitative estimate of drug-likeness (QED) is 0.613. The van der Waals surface area contributed by atoms with Gasteiger partial charge in [-0.15, -0.1) is 0 Å². The Morgan fingerprint density at radius 3 is 1.15 bits per heavy atom. The standard InChI is InChI=1S/C16H22O4/c1-15(2,3)13(17)19-11-7-9-12(10-8-11)20-14(18)16(4,5)6/h7-10H,1-6H3. The maximum absolute atomic E-state index is 11.7. The second-order valence-corrected chi connectivity index (χ2v) is 6.75. The Kier molecular flexibility index (Phi) is 4.58. The first kappa shape index (κ1) is 16.2. The van der Waals surface area contributed by atoms with Crippen LogP contribution in [0.25, 0.3) is 0 Å². The van der Waals surface area contributed by atoms with E-state index in [1.807, 2.05) is 0 Å². The van der Waals surface area contributed by atoms with Crippen LogP contribution in [0.1, 0.15) is 41.5 Å². The molecule has 0 fully saturated rings. The molecule has 0 spiro atoms. The van der Waals surface area contributed by atoms with Crippen LogP contribution in [0.15, 0.2) is 24.3 Å². The van der Waals surface area contributed by atoms with E-state index in [-0.39, 0.29) is 11.9 Å². The summed E-state index contributed by atoms with van der Waals surface area (Å²) in [5.41, 5.74) is -1.12. The highest BCUT2D eigenvalue weighted by Crippen LogP contribution is 2.24. The Bertz CT molecular complexity index is 440. The molecule has 0 radical (unpaired) electrons. The minimum atomic E-state index is -0.558. The number of ether oxygens (including phenoxy) is 2. The van der Waals surface area contributed by atoms with Crippen molar-refractivity contribution >= 4 is 11.9 Å². The molecule has 0 atom stereocenters. The molecule has 0 bridgehead atoms. The second-order valence-electron chi connectivity index (χ2n) is 6.75. The number of esters is 2. The zero-order valence-electron chi connectivity index (χ0n) is 12.9. The summed E-state index contributed by atoms with van der Waals surface area (Å²) < 4.78 is 10.5. The van der Waals surface area contributed by atoms with Crippen LogP contribution in [-0.4, -0.2) is 11.9 Å². The van der Waals surface area contributed by atoms with Crippen molar-refractivity contribution in [3.05, 3.63) is 24.3 Å². The minimum Gasteiger partial charge on any atom is -0.426 e. The zero-order chi connectivity index (χ0) is 15.6. The molecule has 0 aromatic heterocycles. The molecule has 1 rings (SSSR count). The van der Waals surface area contributed by atoms with Crippen LogP contribution in [0.4, 0.5) is 0 Å². The topological polar surface area (TPSA) is 52.6 Å². The van der Waals surface area contributed by atoms with Gasteiger partial charge in [-0.05, 0) is 65.8 Å². The highest BCUT2D eigenvalue weighted by molar-refractivity contribution is 5.78. The fourth-order valence-corrected chi connectivity index (χ4v) is 1.10. The monoisotopic (exact) mass is 278 g/mol. The van der Waals surface area contributed by atoms with Gasteiger partial charge in [0.25, 0.3) is 0 Å². The van der Waals surface area contributed by atoms with E-state index < -0.39 is 10.8 Å². The van der Waals surface area contributed by atoms with Gasteiger partial charge in [0.05, 0.1) is 10.8 Å². The van der Waals surface area contributed by atoms with Crippen molar-refractivity contribution in [2.24, 2.45) is 10.8 Å². The highest BCUT2D eigenvalue weighted by Gasteiger charge is 2.25. The van der Waals surface area contributed by atoms with Crippen molar-refractivity contribution in [3.63, 3.8) is 0 Å². The van der Waals surface area contributed by atoms with Crippen molar-refractivity contribution in [1.82, 2.24) is 0 Å². The Morgan fingerprint density at radius 1 is 0.700 bits per heavy atom. The number of hydrogen-bond donors (Lipinski definition) is 0. The minimum absolute atomic E-state index is 0.308. The lowest BCUT2D eigenvalue weighted by atomic mass is 9.97. The lowest BCUT2D eigenvalue weighted by Gasteiger charge is -2.17. The first-order valence-corrected chi connectivity index (χ1v) is 6.55. The van der Waals surface area contributed by atoms with Gasteiger partial charge < -0.3 is 9.47 Å². The van der Waals surface area contributed by atoms with E-state index in [0.717, 1.165) is 0 Å². The van der Waals surface area contributed by atoms with E-state index >= 15 is 0 Å². The van der Waals surface area contributed by atoms with Crippen LogP contribution in [0, 0.1) is 10.8 Å². The number of benzene rings is 1. The van der Waals surface area contributed by atoms with E-state index in [9.17, 15) is 9.59 Å². The number of carbonyl (C=O) groups excluding carboxylic acids is 2. The molecule has 0 amide bonds. The second kappa shape index (κ2) is 5.65. The summed E-state index contributed by atoms with van der Waals surface area (Å²) in [4.78, 5) is 23.4. The van der Waals surface area contributed by atoms with Gasteiger partial charge >= 0.3 is 11.9 Å². The van der Waals surface area contributed by atoms with Crippen molar-refractivity contribution in [3.8, 4) is 11.5 Å². The van der Waals surface area contributed by atoms with Gasteiger partial charge in [0, 0.05) is 0 Å². The van der Waals surface area contributed by atoms with E-state index in [1.54, 1.807) is 65.8 Å². The first-order chi connectivity index (χ1) is 9.00. The summed E-state index contributed by atoms with van der Waals surface area (Å²) in [7, 11) is 0. The third-order valence-electron chi connectivity index (χ3n) is 2.47. The Balaban J connectivity index is 2.71. The molecule has 110 valence electrons. The van der Waals surface area contributed by atoms with E-state index in [2.05, 4.69) is 0 Å².